The fourth-order valence-electron chi connectivity index (χ4n) is 2.01. The quantitative estimate of drug-likeness (QED) is 0.766. The molecule has 0 saturated carbocycles. The molecule has 1 rings (SSSR count). The topological polar surface area (TPSA) is 26.0 Å². The zero-order chi connectivity index (χ0) is 12.0. The van der Waals surface area contributed by atoms with Crippen LogP contribution in [0.15, 0.2) is 24.3 Å². The van der Waals surface area contributed by atoms with Crippen molar-refractivity contribution in [2.24, 2.45) is 11.7 Å². The van der Waals surface area contributed by atoms with E-state index in [1.807, 2.05) is 0 Å². The molecule has 0 bridgehead atoms. The van der Waals surface area contributed by atoms with E-state index in [1.165, 1.54) is 24.0 Å². The minimum Gasteiger partial charge on any atom is -0.324 e. The first kappa shape index (κ1) is 13.2. The fourth-order valence-corrected chi connectivity index (χ4v) is 2.01. The summed E-state index contributed by atoms with van der Waals surface area (Å²) in [5.41, 5.74) is 8.89. The summed E-state index contributed by atoms with van der Waals surface area (Å²) in [6, 6.07) is 8.99. The van der Waals surface area contributed by atoms with Gasteiger partial charge in [0.15, 0.2) is 0 Å². The van der Waals surface area contributed by atoms with E-state index in [9.17, 15) is 0 Å². The Morgan fingerprint density at radius 2 is 2.00 bits per heavy atom. The molecule has 1 aromatic carbocycles. The van der Waals surface area contributed by atoms with Gasteiger partial charge in [-0.2, -0.15) is 0 Å². The second-order valence-electron chi connectivity index (χ2n) is 5.09. The molecule has 1 nitrogen and oxygen atoms in total. The van der Waals surface area contributed by atoms with Gasteiger partial charge in [0.2, 0.25) is 0 Å². The predicted octanol–water partition coefficient (Wildman–Crippen LogP) is 4.08. The van der Waals surface area contributed by atoms with Crippen LogP contribution in [0.5, 0.6) is 0 Å². The summed E-state index contributed by atoms with van der Waals surface area (Å²) < 4.78 is 0. The monoisotopic (exact) mass is 219 g/mol. The lowest BCUT2D eigenvalue weighted by Gasteiger charge is -2.13. The van der Waals surface area contributed by atoms with Gasteiger partial charge in [-0.15, -0.1) is 0 Å². The molecule has 0 heterocycles. The van der Waals surface area contributed by atoms with Crippen molar-refractivity contribution in [3.8, 4) is 0 Å². The van der Waals surface area contributed by atoms with Gasteiger partial charge >= 0.3 is 0 Å². The van der Waals surface area contributed by atoms with Crippen molar-refractivity contribution in [3.63, 3.8) is 0 Å². The maximum absolute atomic E-state index is 6.18. The summed E-state index contributed by atoms with van der Waals surface area (Å²) in [5.74, 6) is 0.710. The van der Waals surface area contributed by atoms with Crippen molar-refractivity contribution in [2.45, 2.75) is 52.5 Å². The highest BCUT2D eigenvalue weighted by Crippen LogP contribution is 2.19. The molecule has 0 spiro atoms. The van der Waals surface area contributed by atoms with Gasteiger partial charge in [0.25, 0.3) is 0 Å². The van der Waals surface area contributed by atoms with E-state index in [2.05, 4.69) is 45.0 Å². The molecule has 2 N–H and O–H groups in total. The minimum absolute atomic E-state index is 0.215. The fraction of sp³-hybridized carbons (Fsp3) is 0.600. The molecule has 0 radical (unpaired) electrons. The normalized spacial score (nSPS) is 13.1. The lowest BCUT2D eigenvalue weighted by atomic mass is 9.96. The smallest absolute Gasteiger partial charge is 0.0294 e. The molecule has 0 aliphatic carbocycles. The first-order valence-corrected chi connectivity index (χ1v) is 6.48. The Balaban J connectivity index is 2.65. The lowest BCUT2D eigenvalue weighted by molar-refractivity contribution is 0.600. The van der Waals surface area contributed by atoms with E-state index in [4.69, 9.17) is 5.73 Å². The van der Waals surface area contributed by atoms with E-state index >= 15 is 0 Å². The number of hydrogen-bond acceptors (Lipinski definition) is 1. The third-order valence-electron chi connectivity index (χ3n) is 2.89. The number of rotatable bonds is 6. The first-order chi connectivity index (χ1) is 7.63. The highest BCUT2D eigenvalue weighted by molar-refractivity contribution is 5.26. The summed E-state index contributed by atoms with van der Waals surface area (Å²) in [5, 5.41) is 0. The van der Waals surface area contributed by atoms with E-state index in [0.29, 0.717) is 5.92 Å². The summed E-state index contributed by atoms with van der Waals surface area (Å²) >= 11 is 0. The Kier molecular flexibility index (Phi) is 5.54. The van der Waals surface area contributed by atoms with Crippen LogP contribution in [-0.2, 0) is 6.42 Å². The average Bonchev–Trinajstić information content (AvgIpc) is 2.25. The molecule has 0 aliphatic heterocycles. The Bertz CT molecular complexity index is 304. The molecular formula is C15H25N. The van der Waals surface area contributed by atoms with E-state index < -0.39 is 0 Å². The Morgan fingerprint density at radius 1 is 1.25 bits per heavy atom. The average molecular weight is 219 g/mol. The van der Waals surface area contributed by atoms with Crippen molar-refractivity contribution in [2.75, 3.05) is 0 Å². The number of hydrogen-bond donors (Lipinski definition) is 1. The minimum atomic E-state index is 0.215. The largest absolute Gasteiger partial charge is 0.324 e. The Morgan fingerprint density at radius 3 is 2.62 bits per heavy atom. The molecule has 16 heavy (non-hydrogen) atoms. The van der Waals surface area contributed by atoms with Gasteiger partial charge in [-0.1, -0.05) is 57.9 Å². The SMILES string of the molecule is CCCCC(N)c1cccc(CC(C)C)c1. The van der Waals surface area contributed by atoms with Crippen molar-refractivity contribution in [1.82, 2.24) is 0 Å². The van der Waals surface area contributed by atoms with E-state index in [1.54, 1.807) is 0 Å². The highest BCUT2D eigenvalue weighted by atomic mass is 14.6. The summed E-state index contributed by atoms with van der Waals surface area (Å²) in [6.07, 6.45) is 4.69. The van der Waals surface area contributed by atoms with Crippen LogP contribution in [0.25, 0.3) is 0 Å². The van der Waals surface area contributed by atoms with E-state index in [-0.39, 0.29) is 6.04 Å². The first-order valence-electron chi connectivity index (χ1n) is 6.48. The van der Waals surface area contributed by atoms with E-state index in [0.717, 1.165) is 12.8 Å². The molecule has 90 valence electrons. The van der Waals surface area contributed by atoms with Gasteiger partial charge in [-0.3, -0.25) is 0 Å². The molecule has 1 heteroatoms. The molecular weight excluding hydrogens is 194 g/mol. The van der Waals surface area contributed by atoms with Gasteiger partial charge in [0.1, 0.15) is 0 Å². The zero-order valence-electron chi connectivity index (χ0n) is 10.9. The molecule has 0 amide bonds. The highest BCUT2D eigenvalue weighted by Gasteiger charge is 2.06. The molecule has 0 fully saturated rings. The van der Waals surface area contributed by atoms with Crippen LogP contribution in [0.2, 0.25) is 0 Å². The van der Waals surface area contributed by atoms with Crippen molar-refractivity contribution >= 4 is 0 Å². The van der Waals surface area contributed by atoms with Crippen LogP contribution in [0.4, 0.5) is 0 Å². The molecule has 1 aromatic rings. The van der Waals surface area contributed by atoms with Crippen LogP contribution in [0, 0.1) is 5.92 Å². The number of benzene rings is 1. The van der Waals surface area contributed by atoms with Crippen LogP contribution < -0.4 is 5.73 Å². The second-order valence-corrected chi connectivity index (χ2v) is 5.09. The van der Waals surface area contributed by atoms with Gasteiger partial charge in [0.05, 0.1) is 0 Å². The third-order valence-corrected chi connectivity index (χ3v) is 2.89. The van der Waals surface area contributed by atoms with Crippen molar-refractivity contribution in [1.29, 1.82) is 0 Å². The molecule has 0 aliphatic rings. The molecule has 1 unspecified atom stereocenters. The van der Waals surface area contributed by atoms with Gasteiger partial charge in [0, 0.05) is 6.04 Å². The Labute approximate surface area is 100 Å². The summed E-state index contributed by atoms with van der Waals surface area (Å²) in [7, 11) is 0. The molecule has 0 saturated heterocycles. The zero-order valence-corrected chi connectivity index (χ0v) is 10.9. The van der Waals surface area contributed by atoms with Crippen LogP contribution in [0.1, 0.15) is 57.2 Å². The maximum Gasteiger partial charge on any atom is 0.0294 e. The summed E-state index contributed by atoms with van der Waals surface area (Å²) in [6.45, 7) is 6.72. The van der Waals surface area contributed by atoms with Crippen LogP contribution in [0.3, 0.4) is 0 Å². The lowest BCUT2D eigenvalue weighted by Crippen LogP contribution is -2.10. The molecule has 0 aromatic heterocycles. The summed E-state index contributed by atoms with van der Waals surface area (Å²) in [4.78, 5) is 0. The number of unbranched alkanes of at least 4 members (excludes halogenated alkanes) is 1. The van der Waals surface area contributed by atoms with Crippen LogP contribution in [-0.4, -0.2) is 0 Å². The van der Waals surface area contributed by atoms with Gasteiger partial charge < -0.3 is 5.73 Å². The number of nitrogens with two attached hydrogens (primary N) is 1. The maximum atomic E-state index is 6.18. The molecule has 1 atom stereocenters. The van der Waals surface area contributed by atoms with Crippen molar-refractivity contribution < 1.29 is 0 Å². The standard InChI is InChI=1S/C15H25N/c1-4-5-9-15(16)14-8-6-7-13(11-14)10-12(2)3/h6-8,11-12,15H,4-5,9-10,16H2,1-3H3. The van der Waals surface area contributed by atoms with Gasteiger partial charge in [-0.25, -0.2) is 0 Å². The van der Waals surface area contributed by atoms with Gasteiger partial charge in [-0.05, 0) is 29.9 Å². The van der Waals surface area contributed by atoms with Crippen LogP contribution >= 0.6 is 0 Å². The van der Waals surface area contributed by atoms with Crippen molar-refractivity contribution in [3.05, 3.63) is 35.4 Å². The second kappa shape index (κ2) is 6.70. The predicted molar refractivity (Wildman–Crippen MR) is 71.4 cm³/mol. The Hall–Kier alpha value is -0.820. The third kappa shape index (κ3) is 4.36.